The van der Waals surface area contributed by atoms with Crippen molar-refractivity contribution in [3.8, 4) is 0 Å². The topological polar surface area (TPSA) is 51.9 Å². The Morgan fingerprint density at radius 1 is 1.24 bits per heavy atom. The molecule has 3 rings (SSSR count). The van der Waals surface area contributed by atoms with Crippen molar-refractivity contribution < 1.29 is 4.79 Å². The molecule has 1 N–H and O–H groups in total. The number of amides is 1. The molecule has 3 aromatic rings. The minimum Gasteiger partial charge on any atom is -0.345 e. The van der Waals surface area contributed by atoms with Gasteiger partial charge in [-0.3, -0.25) is 4.79 Å². The summed E-state index contributed by atoms with van der Waals surface area (Å²) in [7, 11) is 0. The number of aromatic nitrogens is 3. The summed E-state index contributed by atoms with van der Waals surface area (Å²) in [6.07, 6.45) is 3.62. The Morgan fingerprint density at radius 2 is 2.00 bits per heavy atom. The molecule has 2 aromatic heterocycles. The van der Waals surface area contributed by atoms with Crippen LogP contribution in [0.1, 0.15) is 51.2 Å². The van der Waals surface area contributed by atoms with Crippen molar-refractivity contribution in [2.24, 2.45) is 0 Å². The van der Waals surface area contributed by atoms with E-state index in [1.165, 1.54) is 11.2 Å². The average Bonchev–Trinajstić information content (AvgIpc) is 3.17. The molecule has 0 spiro atoms. The number of carbonyl (C=O) groups excluding carboxylic acids is 1. The van der Waals surface area contributed by atoms with Crippen LogP contribution in [-0.4, -0.2) is 20.0 Å². The monoisotopic (exact) mass is 338 g/mol. The van der Waals surface area contributed by atoms with E-state index in [2.05, 4.69) is 54.7 Å². The van der Waals surface area contributed by atoms with Crippen LogP contribution in [-0.2, 0) is 11.3 Å². The first kappa shape index (κ1) is 17.3. The maximum Gasteiger partial charge on any atom is 0.247 e. The maximum atomic E-state index is 12.7. The highest BCUT2D eigenvalue weighted by Gasteiger charge is 2.19. The van der Waals surface area contributed by atoms with Crippen molar-refractivity contribution in [3.63, 3.8) is 0 Å². The van der Waals surface area contributed by atoms with Crippen LogP contribution < -0.4 is 5.32 Å². The van der Waals surface area contributed by atoms with E-state index in [0.717, 1.165) is 23.4 Å². The zero-order valence-electron chi connectivity index (χ0n) is 15.6. The molecule has 0 fully saturated rings. The van der Waals surface area contributed by atoms with E-state index >= 15 is 0 Å². The lowest BCUT2D eigenvalue weighted by Gasteiger charge is -2.18. The zero-order chi connectivity index (χ0) is 18.1. The Bertz CT molecular complexity index is 904. The van der Waals surface area contributed by atoms with Gasteiger partial charge in [0.25, 0.3) is 0 Å². The maximum absolute atomic E-state index is 12.7. The number of carbonyl (C=O) groups is 1. The van der Waals surface area contributed by atoms with E-state index in [-0.39, 0.29) is 17.9 Å². The van der Waals surface area contributed by atoms with E-state index in [1.54, 1.807) is 6.20 Å². The minimum absolute atomic E-state index is 0.0362. The van der Waals surface area contributed by atoms with Gasteiger partial charge in [-0.15, -0.1) is 0 Å². The van der Waals surface area contributed by atoms with Gasteiger partial charge < -0.3 is 14.5 Å². The fraction of sp³-hybridized carbons (Fsp3) is 0.400. The van der Waals surface area contributed by atoms with Gasteiger partial charge in [0.2, 0.25) is 5.91 Å². The lowest BCUT2D eigenvalue weighted by Crippen LogP contribution is -2.25. The van der Waals surface area contributed by atoms with Gasteiger partial charge in [-0.2, -0.15) is 0 Å². The molecule has 5 heteroatoms. The predicted molar refractivity (Wildman–Crippen MR) is 102 cm³/mol. The van der Waals surface area contributed by atoms with Crippen LogP contribution >= 0.6 is 0 Å². The Morgan fingerprint density at radius 3 is 2.68 bits per heavy atom. The van der Waals surface area contributed by atoms with Crippen LogP contribution in [0.25, 0.3) is 10.9 Å². The third-order valence-electron chi connectivity index (χ3n) is 4.70. The molecule has 25 heavy (non-hydrogen) atoms. The molecule has 1 aromatic carbocycles. The largest absolute Gasteiger partial charge is 0.345 e. The van der Waals surface area contributed by atoms with Crippen LogP contribution in [0.3, 0.4) is 0 Å². The predicted octanol–water partition coefficient (Wildman–Crippen LogP) is 4.49. The van der Waals surface area contributed by atoms with Crippen molar-refractivity contribution in [2.75, 3.05) is 5.32 Å². The first-order valence-corrected chi connectivity index (χ1v) is 8.85. The lowest BCUT2D eigenvalue weighted by atomic mass is 10.2. The van der Waals surface area contributed by atoms with Crippen molar-refractivity contribution in [1.82, 2.24) is 14.1 Å². The molecule has 132 valence electrons. The minimum atomic E-state index is -0.308. The van der Waals surface area contributed by atoms with Gasteiger partial charge in [-0.05, 0) is 45.0 Å². The van der Waals surface area contributed by atoms with E-state index in [9.17, 15) is 4.79 Å². The summed E-state index contributed by atoms with van der Waals surface area (Å²) in [6, 6.07) is 7.93. The number of nitrogens with one attached hydrogen (secondary N) is 1. The van der Waals surface area contributed by atoms with Crippen molar-refractivity contribution in [1.29, 1.82) is 0 Å². The number of hydrogen-bond donors (Lipinski definition) is 1. The SMILES string of the molecule is CCn1c(C)cc2cc(NC(=O)C(C)n3ccnc3C(C)C)ccc21. The zero-order valence-corrected chi connectivity index (χ0v) is 15.6. The highest BCUT2D eigenvalue weighted by atomic mass is 16.2. The lowest BCUT2D eigenvalue weighted by molar-refractivity contribution is -0.118. The van der Waals surface area contributed by atoms with Gasteiger partial charge in [0.1, 0.15) is 11.9 Å². The van der Waals surface area contributed by atoms with E-state index in [0.29, 0.717) is 0 Å². The number of aryl methyl sites for hydroxylation is 2. The van der Waals surface area contributed by atoms with E-state index < -0.39 is 0 Å². The van der Waals surface area contributed by atoms with Gasteiger partial charge in [-0.25, -0.2) is 4.98 Å². The molecule has 1 unspecified atom stereocenters. The van der Waals surface area contributed by atoms with Gasteiger partial charge in [0.05, 0.1) is 0 Å². The van der Waals surface area contributed by atoms with Crippen LogP contribution in [0, 0.1) is 6.92 Å². The normalized spacial score (nSPS) is 12.7. The molecule has 0 aliphatic carbocycles. The summed E-state index contributed by atoms with van der Waals surface area (Å²) in [4.78, 5) is 17.1. The second-order valence-corrected chi connectivity index (χ2v) is 6.82. The van der Waals surface area contributed by atoms with Gasteiger partial charge >= 0.3 is 0 Å². The molecule has 5 nitrogen and oxygen atoms in total. The third kappa shape index (κ3) is 3.18. The molecular formula is C20H26N4O. The van der Waals surface area contributed by atoms with E-state index in [1.807, 2.05) is 29.8 Å². The Labute approximate surface area is 148 Å². The van der Waals surface area contributed by atoms with Crippen LogP contribution in [0.5, 0.6) is 0 Å². The summed E-state index contributed by atoms with van der Waals surface area (Å²) < 4.78 is 4.21. The van der Waals surface area contributed by atoms with Gasteiger partial charge in [-0.1, -0.05) is 13.8 Å². The van der Waals surface area contributed by atoms with Crippen molar-refractivity contribution in [2.45, 2.75) is 53.1 Å². The summed E-state index contributed by atoms with van der Waals surface area (Å²) in [5.41, 5.74) is 3.25. The Balaban J connectivity index is 1.83. The fourth-order valence-electron chi connectivity index (χ4n) is 3.38. The van der Waals surface area contributed by atoms with Gasteiger partial charge in [0, 0.05) is 47.1 Å². The van der Waals surface area contributed by atoms with Crippen LogP contribution in [0.2, 0.25) is 0 Å². The quantitative estimate of drug-likeness (QED) is 0.745. The number of imidazole rings is 1. The molecule has 0 radical (unpaired) electrons. The summed E-state index contributed by atoms with van der Waals surface area (Å²) in [6.45, 7) is 11.3. The summed E-state index contributed by atoms with van der Waals surface area (Å²) in [5, 5.41) is 4.19. The molecule has 1 atom stereocenters. The van der Waals surface area contributed by atoms with Crippen molar-refractivity contribution >= 4 is 22.5 Å². The molecule has 0 saturated carbocycles. The third-order valence-corrected chi connectivity index (χ3v) is 4.70. The molecule has 0 aliphatic rings. The average molecular weight is 338 g/mol. The molecule has 0 bridgehead atoms. The van der Waals surface area contributed by atoms with E-state index in [4.69, 9.17) is 0 Å². The summed E-state index contributed by atoms with van der Waals surface area (Å²) >= 11 is 0. The number of anilines is 1. The Hall–Kier alpha value is -2.56. The van der Waals surface area contributed by atoms with Crippen LogP contribution in [0.15, 0.2) is 36.7 Å². The highest BCUT2D eigenvalue weighted by molar-refractivity contribution is 5.96. The van der Waals surface area contributed by atoms with Crippen molar-refractivity contribution in [3.05, 3.63) is 48.2 Å². The molecule has 0 saturated heterocycles. The number of nitrogens with zero attached hydrogens (tertiary/aromatic N) is 3. The molecular weight excluding hydrogens is 312 g/mol. The van der Waals surface area contributed by atoms with Crippen LogP contribution in [0.4, 0.5) is 5.69 Å². The number of benzene rings is 1. The molecule has 2 heterocycles. The smallest absolute Gasteiger partial charge is 0.247 e. The molecule has 0 aliphatic heterocycles. The number of fused-ring (bicyclic) bond motifs is 1. The second-order valence-electron chi connectivity index (χ2n) is 6.82. The Kier molecular flexibility index (Phi) is 4.66. The number of rotatable bonds is 5. The fourth-order valence-corrected chi connectivity index (χ4v) is 3.38. The second kappa shape index (κ2) is 6.75. The standard InChI is InChI=1S/C20H26N4O/c1-6-23-14(4)11-16-12-17(7-8-18(16)23)22-20(25)15(5)24-10-9-21-19(24)13(2)3/h7-13,15H,6H2,1-5H3,(H,22,25). The highest BCUT2D eigenvalue weighted by Crippen LogP contribution is 2.24. The first-order chi connectivity index (χ1) is 11.9. The molecule has 1 amide bonds. The van der Waals surface area contributed by atoms with Gasteiger partial charge in [0.15, 0.2) is 0 Å². The first-order valence-electron chi connectivity index (χ1n) is 8.85. The number of hydrogen-bond acceptors (Lipinski definition) is 2. The summed E-state index contributed by atoms with van der Waals surface area (Å²) in [5.74, 6) is 1.16.